The number of halogens is 1. The summed E-state index contributed by atoms with van der Waals surface area (Å²) in [5.74, 6) is 0.917. The first kappa shape index (κ1) is 17.2. The Morgan fingerprint density at radius 1 is 1.33 bits per heavy atom. The fourth-order valence-electron chi connectivity index (χ4n) is 3.61. The lowest BCUT2D eigenvalue weighted by Gasteiger charge is -2.34. The molecule has 3 heterocycles. The maximum absolute atomic E-state index is 4.76. The van der Waals surface area contributed by atoms with E-state index in [1.165, 1.54) is 62.4 Å². The first-order chi connectivity index (χ1) is 9.85. The van der Waals surface area contributed by atoms with Crippen LogP contribution >= 0.6 is 23.7 Å². The second-order valence-corrected chi connectivity index (χ2v) is 7.24. The molecular weight excluding hydrogens is 302 g/mol. The number of thiazole rings is 1. The van der Waals surface area contributed by atoms with Gasteiger partial charge in [-0.1, -0.05) is 13.3 Å². The SMILES string of the molecule is CCCc1csc(CN2CCC(C3CCCN3)CC2)n1.Cl. The van der Waals surface area contributed by atoms with Crippen LogP contribution in [0.1, 0.15) is 49.7 Å². The quantitative estimate of drug-likeness (QED) is 0.896. The Labute approximate surface area is 138 Å². The number of likely N-dealkylation sites (tertiary alicyclic amines) is 1. The number of nitrogens with one attached hydrogen (secondary N) is 1. The lowest BCUT2D eigenvalue weighted by molar-refractivity contribution is 0.157. The molecule has 1 aromatic heterocycles. The highest BCUT2D eigenvalue weighted by atomic mass is 35.5. The Morgan fingerprint density at radius 2 is 2.14 bits per heavy atom. The fraction of sp³-hybridized carbons (Fsp3) is 0.812. The topological polar surface area (TPSA) is 28.2 Å². The van der Waals surface area contributed by atoms with E-state index in [4.69, 9.17) is 4.98 Å². The average Bonchev–Trinajstić information content (AvgIpc) is 3.12. The Kier molecular flexibility index (Phi) is 6.93. The van der Waals surface area contributed by atoms with Crippen LogP contribution in [0.2, 0.25) is 0 Å². The maximum atomic E-state index is 4.76. The van der Waals surface area contributed by atoms with E-state index in [1.807, 2.05) is 11.3 Å². The highest BCUT2D eigenvalue weighted by Crippen LogP contribution is 2.26. The molecule has 2 aliphatic rings. The first-order valence-electron chi connectivity index (χ1n) is 8.24. The van der Waals surface area contributed by atoms with Crippen LogP contribution in [0.15, 0.2) is 5.38 Å². The number of aryl methyl sites for hydroxylation is 1. The molecule has 3 nitrogen and oxygen atoms in total. The molecule has 0 saturated carbocycles. The van der Waals surface area contributed by atoms with Crippen molar-refractivity contribution in [3.05, 3.63) is 16.1 Å². The third kappa shape index (κ3) is 4.65. The van der Waals surface area contributed by atoms with Gasteiger partial charge in [0.2, 0.25) is 0 Å². The van der Waals surface area contributed by atoms with E-state index in [-0.39, 0.29) is 12.4 Å². The molecular formula is C16H28ClN3S. The van der Waals surface area contributed by atoms with E-state index < -0.39 is 0 Å². The van der Waals surface area contributed by atoms with E-state index in [0.717, 1.165) is 24.9 Å². The van der Waals surface area contributed by atoms with Gasteiger partial charge in [-0.25, -0.2) is 4.98 Å². The monoisotopic (exact) mass is 329 g/mol. The van der Waals surface area contributed by atoms with Gasteiger partial charge in [0.15, 0.2) is 0 Å². The van der Waals surface area contributed by atoms with Crippen LogP contribution in [-0.4, -0.2) is 35.6 Å². The zero-order valence-electron chi connectivity index (χ0n) is 13.0. The Bertz CT molecular complexity index is 409. The first-order valence-corrected chi connectivity index (χ1v) is 9.12. The van der Waals surface area contributed by atoms with E-state index >= 15 is 0 Å². The van der Waals surface area contributed by atoms with Gasteiger partial charge in [-0.15, -0.1) is 23.7 Å². The van der Waals surface area contributed by atoms with Crippen molar-refractivity contribution in [2.24, 2.45) is 5.92 Å². The lowest BCUT2D eigenvalue weighted by atomic mass is 9.88. The summed E-state index contributed by atoms with van der Waals surface area (Å²) in [7, 11) is 0. The normalized spacial score (nSPS) is 24.1. The Morgan fingerprint density at radius 3 is 2.81 bits per heavy atom. The molecule has 0 radical (unpaired) electrons. The van der Waals surface area contributed by atoms with Gasteiger partial charge in [0.25, 0.3) is 0 Å². The molecule has 120 valence electrons. The van der Waals surface area contributed by atoms with E-state index in [9.17, 15) is 0 Å². The number of hydrogen-bond donors (Lipinski definition) is 1. The Balaban J connectivity index is 0.00000161. The highest BCUT2D eigenvalue weighted by Gasteiger charge is 2.28. The number of rotatable bonds is 5. The summed E-state index contributed by atoms with van der Waals surface area (Å²) in [5.41, 5.74) is 1.29. The summed E-state index contributed by atoms with van der Waals surface area (Å²) in [6, 6.07) is 0.813. The molecule has 0 amide bonds. The molecule has 2 aliphatic heterocycles. The van der Waals surface area contributed by atoms with Crippen molar-refractivity contribution in [1.29, 1.82) is 0 Å². The zero-order valence-corrected chi connectivity index (χ0v) is 14.6. The van der Waals surface area contributed by atoms with Crippen molar-refractivity contribution in [2.75, 3.05) is 19.6 Å². The zero-order chi connectivity index (χ0) is 13.8. The number of piperidine rings is 1. The summed E-state index contributed by atoms with van der Waals surface area (Å²) < 4.78 is 0. The molecule has 0 aromatic carbocycles. The van der Waals surface area contributed by atoms with Crippen LogP contribution in [0.4, 0.5) is 0 Å². The molecule has 0 aliphatic carbocycles. The molecule has 3 rings (SSSR count). The van der Waals surface area contributed by atoms with Gasteiger partial charge < -0.3 is 5.32 Å². The van der Waals surface area contributed by atoms with Gasteiger partial charge in [-0.05, 0) is 57.7 Å². The van der Waals surface area contributed by atoms with Gasteiger partial charge in [0, 0.05) is 11.4 Å². The minimum Gasteiger partial charge on any atom is -0.314 e. The maximum Gasteiger partial charge on any atom is 0.107 e. The van der Waals surface area contributed by atoms with Crippen LogP contribution in [0.25, 0.3) is 0 Å². The minimum atomic E-state index is 0. The molecule has 0 bridgehead atoms. The summed E-state index contributed by atoms with van der Waals surface area (Å²) in [4.78, 5) is 7.35. The summed E-state index contributed by atoms with van der Waals surface area (Å²) in [6.07, 6.45) is 7.84. The van der Waals surface area contributed by atoms with Gasteiger partial charge in [0.05, 0.1) is 12.2 Å². The van der Waals surface area contributed by atoms with Crippen LogP contribution in [0, 0.1) is 5.92 Å². The van der Waals surface area contributed by atoms with Gasteiger partial charge >= 0.3 is 0 Å². The van der Waals surface area contributed by atoms with E-state index in [1.54, 1.807) is 0 Å². The van der Waals surface area contributed by atoms with E-state index in [0.29, 0.717) is 0 Å². The smallest absolute Gasteiger partial charge is 0.107 e. The van der Waals surface area contributed by atoms with Crippen molar-refractivity contribution < 1.29 is 0 Å². The van der Waals surface area contributed by atoms with Crippen molar-refractivity contribution in [2.45, 2.75) is 58.0 Å². The number of aromatic nitrogens is 1. The van der Waals surface area contributed by atoms with Gasteiger partial charge in [-0.2, -0.15) is 0 Å². The molecule has 1 atom stereocenters. The van der Waals surface area contributed by atoms with Crippen LogP contribution < -0.4 is 5.32 Å². The van der Waals surface area contributed by atoms with Crippen LogP contribution in [0.5, 0.6) is 0 Å². The van der Waals surface area contributed by atoms with Crippen molar-refractivity contribution in [1.82, 2.24) is 15.2 Å². The summed E-state index contributed by atoms with van der Waals surface area (Å²) in [5, 5.41) is 7.23. The third-order valence-corrected chi connectivity index (χ3v) is 5.65. The molecule has 2 saturated heterocycles. The summed E-state index contributed by atoms with van der Waals surface area (Å²) >= 11 is 1.84. The molecule has 0 spiro atoms. The lowest BCUT2D eigenvalue weighted by Crippen LogP contribution is -2.40. The van der Waals surface area contributed by atoms with Crippen molar-refractivity contribution in [3.63, 3.8) is 0 Å². The summed E-state index contributed by atoms with van der Waals surface area (Å²) in [6.45, 7) is 7.04. The molecule has 1 unspecified atom stereocenters. The highest BCUT2D eigenvalue weighted by molar-refractivity contribution is 7.09. The third-order valence-electron chi connectivity index (χ3n) is 4.76. The standard InChI is InChI=1S/C16H27N3S.ClH/c1-2-4-14-12-20-16(18-14)11-19-9-6-13(7-10-19)15-5-3-8-17-15;/h12-13,15,17H,2-11H2,1H3;1H. The second-order valence-electron chi connectivity index (χ2n) is 6.30. The van der Waals surface area contributed by atoms with Crippen LogP contribution in [-0.2, 0) is 13.0 Å². The molecule has 5 heteroatoms. The second kappa shape index (κ2) is 8.47. The Hall–Kier alpha value is -0.160. The largest absolute Gasteiger partial charge is 0.314 e. The number of hydrogen-bond acceptors (Lipinski definition) is 4. The predicted octanol–water partition coefficient (Wildman–Crippen LogP) is 3.48. The number of nitrogens with zero attached hydrogens (tertiary/aromatic N) is 2. The van der Waals surface area contributed by atoms with Crippen LogP contribution in [0.3, 0.4) is 0 Å². The average molecular weight is 330 g/mol. The molecule has 1 N–H and O–H groups in total. The fourth-order valence-corrected chi connectivity index (χ4v) is 4.48. The molecule has 2 fully saturated rings. The van der Waals surface area contributed by atoms with Crippen molar-refractivity contribution >= 4 is 23.7 Å². The molecule has 1 aromatic rings. The predicted molar refractivity (Wildman–Crippen MR) is 92.4 cm³/mol. The van der Waals surface area contributed by atoms with E-state index in [2.05, 4.69) is 22.5 Å². The molecule has 21 heavy (non-hydrogen) atoms. The van der Waals surface area contributed by atoms with Gasteiger partial charge in [0.1, 0.15) is 5.01 Å². The van der Waals surface area contributed by atoms with Gasteiger partial charge in [-0.3, -0.25) is 4.90 Å². The van der Waals surface area contributed by atoms with Crippen molar-refractivity contribution in [3.8, 4) is 0 Å². The minimum absolute atomic E-state index is 0.